The lowest BCUT2D eigenvalue weighted by Crippen LogP contribution is -2.29. The Morgan fingerprint density at radius 3 is 2.84 bits per heavy atom. The normalized spacial score (nSPS) is 18.4. The van der Waals surface area contributed by atoms with Crippen molar-refractivity contribution < 1.29 is 4.79 Å². The van der Waals surface area contributed by atoms with E-state index in [0.29, 0.717) is 21.7 Å². The van der Waals surface area contributed by atoms with E-state index in [-0.39, 0.29) is 5.91 Å². The number of allylic oxidation sites excluding steroid dienone is 2. The Morgan fingerprint density at radius 2 is 2.16 bits per heavy atom. The molecule has 0 bridgehead atoms. The predicted octanol–water partition coefficient (Wildman–Crippen LogP) is 4.88. The number of rotatable bonds is 5. The van der Waals surface area contributed by atoms with Gasteiger partial charge in [0.25, 0.3) is 5.91 Å². The van der Waals surface area contributed by atoms with E-state index in [2.05, 4.69) is 22.6 Å². The molecule has 2 aromatic rings. The van der Waals surface area contributed by atoms with Gasteiger partial charge < -0.3 is 0 Å². The number of amidine groups is 1. The van der Waals surface area contributed by atoms with E-state index in [0.717, 1.165) is 11.1 Å². The topological polar surface area (TPSA) is 45.6 Å². The third kappa shape index (κ3) is 4.35. The van der Waals surface area contributed by atoms with Gasteiger partial charge in [-0.05, 0) is 35.9 Å². The van der Waals surface area contributed by atoms with Crippen LogP contribution in [0.4, 0.5) is 5.13 Å². The Balaban J connectivity index is 1.88. The Morgan fingerprint density at radius 1 is 1.36 bits per heavy atom. The minimum atomic E-state index is -0.0546. The molecule has 2 heterocycles. The summed E-state index contributed by atoms with van der Waals surface area (Å²) < 4.78 is 0. The van der Waals surface area contributed by atoms with Gasteiger partial charge >= 0.3 is 0 Å². The van der Waals surface area contributed by atoms with E-state index >= 15 is 0 Å². The SMILES string of the molecule is C=CCN1C(=O)/C(=C/C(C)=C/c2ccccc2)S/C1=N/c1nccs1. The van der Waals surface area contributed by atoms with Crippen LogP contribution < -0.4 is 0 Å². The van der Waals surface area contributed by atoms with Gasteiger partial charge in [0.15, 0.2) is 5.17 Å². The van der Waals surface area contributed by atoms with Gasteiger partial charge in [-0.3, -0.25) is 9.69 Å². The largest absolute Gasteiger partial charge is 0.282 e. The summed E-state index contributed by atoms with van der Waals surface area (Å²) in [5, 5.41) is 3.14. The van der Waals surface area contributed by atoms with Crippen molar-refractivity contribution in [2.75, 3.05) is 6.54 Å². The van der Waals surface area contributed by atoms with Crippen LogP contribution in [-0.4, -0.2) is 27.5 Å². The van der Waals surface area contributed by atoms with Gasteiger partial charge in [-0.25, -0.2) is 4.98 Å². The van der Waals surface area contributed by atoms with E-state index in [1.165, 1.54) is 23.1 Å². The first-order valence-corrected chi connectivity index (χ1v) is 9.41. The maximum absolute atomic E-state index is 12.7. The van der Waals surface area contributed by atoms with E-state index < -0.39 is 0 Å². The first kappa shape index (κ1) is 17.4. The third-order valence-electron chi connectivity index (χ3n) is 3.36. The molecule has 126 valence electrons. The predicted molar refractivity (Wildman–Crippen MR) is 107 cm³/mol. The van der Waals surface area contributed by atoms with E-state index in [1.54, 1.807) is 17.2 Å². The van der Waals surface area contributed by atoms with E-state index in [1.807, 2.05) is 48.7 Å². The molecule has 1 aliphatic rings. The van der Waals surface area contributed by atoms with Gasteiger partial charge in [-0.15, -0.1) is 17.9 Å². The molecule has 1 aromatic heterocycles. The van der Waals surface area contributed by atoms with Gasteiger partial charge in [-0.1, -0.05) is 42.5 Å². The monoisotopic (exact) mass is 367 g/mol. The molecule has 0 saturated carbocycles. The van der Waals surface area contributed by atoms with Crippen LogP contribution in [0.25, 0.3) is 6.08 Å². The number of thiazole rings is 1. The smallest absolute Gasteiger partial charge is 0.267 e. The van der Waals surface area contributed by atoms with Crippen molar-refractivity contribution in [2.24, 2.45) is 4.99 Å². The van der Waals surface area contributed by atoms with Crippen LogP contribution in [0.3, 0.4) is 0 Å². The molecule has 4 nitrogen and oxygen atoms in total. The second-order valence-electron chi connectivity index (χ2n) is 5.32. The number of benzene rings is 1. The highest BCUT2D eigenvalue weighted by Crippen LogP contribution is 2.34. The number of aromatic nitrogens is 1. The van der Waals surface area contributed by atoms with Gasteiger partial charge in [-0.2, -0.15) is 4.99 Å². The van der Waals surface area contributed by atoms with E-state index in [9.17, 15) is 4.79 Å². The maximum atomic E-state index is 12.7. The van der Waals surface area contributed by atoms with Crippen molar-refractivity contribution in [3.8, 4) is 0 Å². The number of carbonyl (C=O) groups excluding carboxylic acids is 1. The molecule has 1 aliphatic heterocycles. The molecule has 1 amide bonds. The maximum Gasteiger partial charge on any atom is 0.267 e. The fourth-order valence-electron chi connectivity index (χ4n) is 2.30. The van der Waals surface area contributed by atoms with Crippen molar-refractivity contribution in [3.05, 3.63) is 76.7 Å². The fourth-order valence-corrected chi connectivity index (χ4v) is 3.90. The zero-order valence-corrected chi connectivity index (χ0v) is 15.4. The summed E-state index contributed by atoms with van der Waals surface area (Å²) in [4.78, 5) is 23.6. The number of carbonyl (C=O) groups is 1. The minimum absolute atomic E-state index is 0.0546. The molecule has 0 atom stereocenters. The Kier molecular flexibility index (Phi) is 5.63. The second kappa shape index (κ2) is 8.09. The van der Waals surface area contributed by atoms with Crippen LogP contribution in [0.2, 0.25) is 0 Å². The lowest BCUT2D eigenvalue weighted by atomic mass is 10.1. The van der Waals surface area contributed by atoms with E-state index in [4.69, 9.17) is 0 Å². The van der Waals surface area contributed by atoms with Crippen LogP contribution >= 0.6 is 23.1 Å². The average molecular weight is 367 g/mol. The van der Waals surface area contributed by atoms with Gasteiger partial charge in [0.05, 0.1) is 4.91 Å². The molecule has 3 rings (SSSR count). The molecule has 0 radical (unpaired) electrons. The molecule has 25 heavy (non-hydrogen) atoms. The molecule has 1 aromatic carbocycles. The summed E-state index contributed by atoms with van der Waals surface area (Å²) in [6, 6.07) is 10.0. The molecule has 1 fully saturated rings. The number of thioether (sulfide) groups is 1. The Bertz CT molecular complexity index is 852. The number of aliphatic imine (C=N–C) groups is 1. The first-order valence-electron chi connectivity index (χ1n) is 7.71. The van der Waals surface area contributed by atoms with Crippen LogP contribution in [0.5, 0.6) is 0 Å². The van der Waals surface area contributed by atoms with Crippen molar-refractivity contribution in [2.45, 2.75) is 6.92 Å². The highest BCUT2D eigenvalue weighted by molar-refractivity contribution is 8.18. The molecule has 0 spiro atoms. The number of amides is 1. The zero-order chi connectivity index (χ0) is 17.6. The molecular formula is C19H17N3OS2. The summed E-state index contributed by atoms with van der Waals surface area (Å²) in [5.74, 6) is -0.0546. The average Bonchev–Trinajstić information content (AvgIpc) is 3.20. The van der Waals surface area contributed by atoms with Crippen molar-refractivity contribution in [1.82, 2.24) is 9.88 Å². The van der Waals surface area contributed by atoms with Crippen LogP contribution in [0.1, 0.15) is 12.5 Å². The number of nitrogens with zero attached hydrogens (tertiary/aromatic N) is 3. The third-order valence-corrected chi connectivity index (χ3v) is 5.03. The first-order chi connectivity index (χ1) is 12.2. The summed E-state index contributed by atoms with van der Waals surface area (Å²) >= 11 is 2.81. The lowest BCUT2D eigenvalue weighted by Gasteiger charge is -2.11. The van der Waals surface area contributed by atoms with Crippen molar-refractivity contribution >= 4 is 45.4 Å². The van der Waals surface area contributed by atoms with Gasteiger partial charge in [0.1, 0.15) is 0 Å². The zero-order valence-electron chi connectivity index (χ0n) is 13.8. The molecule has 1 saturated heterocycles. The summed E-state index contributed by atoms with van der Waals surface area (Å²) in [5.41, 5.74) is 2.11. The summed E-state index contributed by atoms with van der Waals surface area (Å²) in [7, 11) is 0. The molecule has 0 N–H and O–H groups in total. The Labute approximate surface area is 155 Å². The quantitative estimate of drug-likeness (QED) is 0.559. The van der Waals surface area contributed by atoms with Crippen molar-refractivity contribution in [1.29, 1.82) is 0 Å². The van der Waals surface area contributed by atoms with Crippen LogP contribution in [0.15, 0.2) is 76.1 Å². The highest BCUT2D eigenvalue weighted by atomic mass is 32.2. The van der Waals surface area contributed by atoms with Crippen LogP contribution in [-0.2, 0) is 4.79 Å². The van der Waals surface area contributed by atoms with Crippen LogP contribution in [0, 0.1) is 0 Å². The highest BCUT2D eigenvalue weighted by Gasteiger charge is 2.32. The molecule has 0 unspecified atom stereocenters. The molecular weight excluding hydrogens is 350 g/mol. The second-order valence-corrected chi connectivity index (χ2v) is 7.21. The molecule has 6 heteroatoms. The lowest BCUT2D eigenvalue weighted by molar-refractivity contribution is -0.121. The number of hydrogen-bond acceptors (Lipinski definition) is 5. The minimum Gasteiger partial charge on any atom is -0.282 e. The van der Waals surface area contributed by atoms with Gasteiger partial charge in [0.2, 0.25) is 5.13 Å². The summed E-state index contributed by atoms with van der Waals surface area (Å²) in [6.07, 6.45) is 7.35. The standard InChI is InChI=1S/C19H17N3OS2/c1-3-10-22-17(23)16(25-19(22)21-18-20-9-11-24-18)13-14(2)12-15-7-5-4-6-8-15/h3-9,11-13H,1,10H2,2H3/b14-12+,16-13-,21-19+. The van der Waals surface area contributed by atoms with Gasteiger partial charge in [0, 0.05) is 18.1 Å². The summed E-state index contributed by atoms with van der Waals surface area (Å²) in [6.45, 7) is 6.14. The van der Waals surface area contributed by atoms with Crippen molar-refractivity contribution in [3.63, 3.8) is 0 Å². The number of hydrogen-bond donors (Lipinski definition) is 0. The Hall–Kier alpha value is -2.44. The fraction of sp³-hybridized carbons (Fsp3) is 0.105. The molecule has 0 aliphatic carbocycles.